The Bertz CT molecular complexity index is 1490. The van der Waals surface area contributed by atoms with Crippen molar-refractivity contribution < 1.29 is 14.3 Å². The molecule has 186 valence electrons. The van der Waals surface area contributed by atoms with Gasteiger partial charge in [-0.3, -0.25) is 14.3 Å². The van der Waals surface area contributed by atoms with Gasteiger partial charge in [0.2, 0.25) is 5.91 Å². The molecule has 0 bridgehead atoms. The van der Waals surface area contributed by atoms with Gasteiger partial charge in [-0.25, -0.2) is 4.98 Å². The number of anilines is 1. The van der Waals surface area contributed by atoms with Crippen molar-refractivity contribution in [2.45, 2.75) is 38.6 Å². The van der Waals surface area contributed by atoms with Crippen molar-refractivity contribution in [2.24, 2.45) is 11.3 Å². The zero-order chi connectivity index (χ0) is 25.0. The van der Waals surface area contributed by atoms with Crippen LogP contribution in [0.15, 0.2) is 42.9 Å². The number of hydrogen-bond acceptors (Lipinski definition) is 6. The van der Waals surface area contributed by atoms with E-state index in [0.717, 1.165) is 36.7 Å². The van der Waals surface area contributed by atoms with Crippen LogP contribution in [-0.2, 0) is 4.79 Å². The Kier molecular flexibility index (Phi) is 5.20. The van der Waals surface area contributed by atoms with Crippen molar-refractivity contribution >= 4 is 34.2 Å². The van der Waals surface area contributed by atoms with Gasteiger partial charge >= 0.3 is 0 Å². The van der Waals surface area contributed by atoms with E-state index in [2.05, 4.69) is 22.3 Å². The Hall–Kier alpha value is -3.95. The second-order valence-corrected chi connectivity index (χ2v) is 10.3. The zero-order valence-corrected chi connectivity index (χ0v) is 20.6. The van der Waals surface area contributed by atoms with E-state index in [9.17, 15) is 9.59 Å². The Labute approximate surface area is 208 Å². The van der Waals surface area contributed by atoms with E-state index in [1.165, 1.54) is 0 Å². The first-order valence-electron chi connectivity index (χ1n) is 12.3. The Morgan fingerprint density at radius 2 is 2.17 bits per heavy atom. The van der Waals surface area contributed by atoms with Crippen molar-refractivity contribution in [1.29, 1.82) is 0 Å². The third kappa shape index (κ3) is 3.68. The van der Waals surface area contributed by atoms with Crippen molar-refractivity contribution in [3.63, 3.8) is 0 Å². The molecule has 0 radical (unpaired) electrons. The number of rotatable bonds is 4. The van der Waals surface area contributed by atoms with Crippen LogP contribution in [0.3, 0.4) is 0 Å². The Morgan fingerprint density at radius 1 is 1.31 bits per heavy atom. The molecule has 6 rings (SSSR count). The van der Waals surface area contributed by atoms with Gasteiger partial charge in [0, 0.05) is 43.9 Å². The summed E-state index contributed by atoms with van der Waals surface area (Å²) in [5, 5.41) is 12.9. The molecule has 4 aromatic rings. The molecule has 1 saturated carbocycles. The average molecular weight is 488 g/mol. The van der Waals surface area contributed by atoms with Crippen molar-refractivity contribution in [1.82, 2.24) is 29.3 Å². The number of hydrogen-bond donors (Lipinski definition) is 1. The highest BCUT2D eigenvalue weighted by molar-refractivity contribution is 6.08. The van der Waals surface area contributed by atoms with E-state index in [1.54, 1.807) is 30.1 Å². The molecule has 2 amide bonds. The largest absolute Gasteiger partial charge is 0.496 e. The van der Waals surface area contributed by atoms with E-state index in [1.807, 2.05) is 41.0 Å². The number of aromatic nitrogens is 5. The minimum atomic E-state index is -0.308. The summed E-state index contributed by atoms with van der Waals surface area (Å²) < 4.78 is 9.17. The minimum absolute atomic E-state index is 0.0928. The van der Waals surface area contributed by atoms with Crippen molar-refractivity contribution in [2.75, 3.05) is 26.0 Å². The van der Waals surface area contributed by atoms with Crippen LogP contribution in [0.5, 0.6) is 5.75 Å². The number of likely N-dealkylation sites (tertiary alicyclic amines) is 1. The number of nitrogens with zero attached hydrogens (tertiary/aromatic N) is 6. The molecular formula is C26H29N7O3. The topological polar surface area (TPSA) is 107 Å². The second kappa shape index (κ2) is 8.32. The molecule has 2 fully saturated rings. The highest BCUT2D eigenvalue weighted by Gasteiger charge is 2.46. The van der Waals surface area contributed by atoms with Crippen LogP contribution in [0.2, 0.25) is 0 Å². The van der Waals surface area contributed by atoms with Gasteiger partial charge < -0.3 is 15.0 Å². The van der Waals surface area contributed by atoms with Crippen LogP contribution < -0.4 is 10.1 Å². The first-order valence-corrected chi connectivity index (χ1v) is 12.3. The fourth-order valence-corrected chi connectivity index (χ4v) is 6.15. The second-order valence-electron chi connectivity index (χ2n) is 10.3. The molecule has 10 heteroatoms. The van der Waals surface area contributed by atoms with Gasteiger partial charge in [0.05, 0.1) is 30.4 Å². The lowest BCUT2D eigenvalue weighted by Crippen LogP contribution is -2.35. The van der Waals surface area contributed by atoms with Crippen LogP contribution in [0.4, 0.5) is 5.82 Å². The highest BCUT2D eigenvalue weighted by atomic mass is 16.5. The SMILES string of the molecule is COc1cc2nn([C@H]3CC[C@@]4(CC(=O)N(C)C4)C[C@H]3C)cc2cc1C(=O)Nc1cnc2cccnn12. The molecule has 1 aromatic carbocycles. The quantitative estimate of drug-likeness (QED) is 0.472. The molecular weight excluding hydrogens is 458 g/mol. The number of ether oxygens (including phenoxy) is 1. The smallest absolute Gasteiger partial charge is 0.260 e. The first-order chi connectivity index (χ1) is 17.4. The molecule has 2 aliphatic rings. The Balaban J connectivity index is 1.26. The van der Waals surface area contributed by atoms with Gasteiger partial charge in [-0.05, 0) is 48.8 Å². The summed E-state index contributed by atoms with van der Waals surface area (Å²) in [7, 11) is 3.45. The molecule has 1 saturated heterocycles. The minimum Gasteiger partial charge on any atom is -0.496 e. The number of benzene rings is 1. The summed E-state index contributed by atoms with van der Waals surface area (Å²) in [5.74, 6) is 1.27. The number of nitrogens with one attached hydrogen (secondary N) is 1. The number of imidazole rings is 1. The zero-order valence-electron chi connectivity index (χ0n) is 20.6. The third-order valence-corrected chi connectivity index (χ3v) is 7.85. The van der Waals surface area contributed by atoms with Crippen LogP contribution in [0, 0.1) is 11.3 Å². The summed E-state index contributed by atoms with van der Waals surface area (Å²) in [6, 6.07) is 7.49. The third-order valence-electron chi connectivity index (χ3n) is 7.85. The summed E-state index contributed by atoms with van der Waals surface area (Å²) >= 11 is 0. The monoisotopic (exact) mass is 487 g/mol. The molecule has 10 nitrogen and oxygen atoms in total. The Morgan fingerprint density at radius 3 is 2.92 bits per heavy atom. The summed E-state index contributed by atoms with van der Waals surface area (Å²) in [4.78, 5) is 31.6. The molecule has 3 aromatic heterocycles. The molecule has 3 atom stereocenters. The lowest BCUT2D eigenvalue weighted by Gasteiger charge is -2.40. The molecule has 1 N–H and O–H groups in total. The maximum atomic E-state index is 13.2. The van der Waals surface area contributed by atoms with Gasteiger partial charge in [-0.2, -0.15) is 14.7 Å². The van der Waals surface area contributed by atoms with Crippen molar-refractivity contribution in [3.05, 3.63) is 48.4 Å². The molecule has 4 heterocycles. The molecule has 1 aliphatic carbocycles. The van der Waals surface area contributed by atoms with Gasteiger partial charge in [-0.15, -0.1) is 0 Å². The highest BCUT2D eigenvalue weighted by Crippen LogP contribution is 2.49. The van der Waals surface area contributed by atoms with E-state index >= 15 is 0 Å². The average Bonchev–Trinajstić information content (AvgIpc) is 3.53. The van der Waals surface area contributed by atoms with E-state index in [4.69, 9.17) is 9.84 Å². The number of carbonyl (C=O) groups excluding carboxylic acids is 2. The number of amides is 2. The van der Waals surface area contributed by atoms with Crippen LogP contribution >= 0.6 is 0 Å². The number of fused-ring (bicyclic) bond motifs is 2. The van der Waals surface area contributed by atoms with Crippen LogP contribution in [-0.4, -0.2) is 61.8 Å². The van der Waals surface area contributed by atoms with Gasteiger partial charge in [0.15, 0.2) is 11.5 Å². The molecule has 1 spiro atoms. The molecule has 0 unspecified atom stereocenters. The predicted molar refractivity (Wildman–Crippen MR) is 134 cm³/mol. The maximum absolute atomic E-state index is 13.2. The van der Waals surface area contributed by atoms with Crippen LogP contribution in [0.25, 0.3) is 16.6 Å². The van der Waals surface area contributed by atoms with E-state index in [-0.39, 0.29) is 23.3 Å². The maximum Gasteiger partial charge on any atom is 0.260 e. The molecule has 1 aliphatic heterocycles. The fourth-order valence-electron chi connectivity index (χ4n) is 6.15. The normalized spacial score (nSPS) is 24.2. The standard InChI is InChI=1S/C26H29N7O3/c1-16-11-26(12-24(34)31(2)15-26)7-6-20(16)32-14-17-9-18(21(36-3)10-19(17)30-32)25(35)29-23-13-27-22-5-4-8-28-33(22)23/h4-5,8-10,13-14,16,20H,6-7,11-12,15H2,1-3H3,(H,29,35)/t16-,20+,26+/m1/s1. The molecule has 36 heavy (non-hydrogen) atoms. The summed E-state index contributed by atoms with van der Waals surface area (Å²) in [5.41, 5.74) is 1.94. The summed E-state index contributed by atoms with van der Waals surface area (Å²) in [6.07, 6.45) is 8.89. The lowest BCUT2D eigenvalue weighted by molar-refractivity contribution is -0.126. The van der Waals surface area contributed by atoms with E-state index in [0.29, 0.717) is 35.1 Å². The predicted octanol–water partition coefficient (Wildman–Crippen LogP) is 3.55. The van der Waals surface area contributed by atoms with Gasteiger partial charge in [0.25, 0.3) is 5.91 Å². The fraction of sp³-hybridized carbons (Fsp3) is 0.423. The van der Waals surface area contributed by atoms with Gasteiger partial charge in [0.1, 0.15) is 5.75 Å². The summed E-state index contributed by atoms with van der Waals surface area (Å²) in [6.45, 7) is 3.10. The van der Waals surface area contributed by atoms with Crippen molar-refractivity contribution in [3.8, 4) is 5.75 Å². The van der Waals surface area contributed by atoms with E-state index < -0.39 is 0 Å². The number of carbonyl (C=O) groups is 2. The lowest BCUT2D eigenvalue weighted by atomic mass is 9.67. The van der Waals surface area contributed by atoms with Crippen LogP contribution in [0.1, 0.15) is 49.0 Å². The first kappa shape index (κ1) is 22.5. The van der Waals surface area contributed by atoms with Gasteiger partial charge in [-0.1, -0.05) is 6.92 Å². The number of methoxy groups -OCH3 is 1.